The van der Waals surface area contributed by atoms with E-state index in [0.29, 0.717) is 13.1 Å². The SMILES string of the molecule is CCCN(CCO)c1ccc(/C=C/c2cc[n+](CCO)cc2)cc1. The Hall–Kier alpha value is -2.17. The van der Waals surface area contributed by atoms with Crippen LogP contribution in [0.3, 0.4) is 0 Å². The Bertz CT molecular complexity index is 615. The van der Waals surface area contributed by atoms with Gasteiger partial charge in [0.25, 0.3) is 0 Å². The van der Waals surface area contributed by atoms with Crippen LogP contribution in [0.2, 0.25) is 0 Å². The van der Waals surface area contributed by atoms with Crippen LogP contribution in [-0.2, 0) is 6.54 Å². The van der Waals surface area contributed by atoms with E-state index in [2.05, 4.69) is 48.2 Å². The average Bonchev–Trinajstić information content (AvgIpc) is 2.62. The number of benzene rings is 1. The van der Waals surface area contributed by atoms with Gasteiger partial charge in [-0.2, -0.15) is 0 Å². The van der Waals surface area contributed by atoms with Crippen LogP contribution >= 0.6 is 0 Å². The first-order valence-electron chi connectivity index (χ1n) is 8.50. The second-order valence-corrected chi connectivity index (χ2v) is 5.73. The largest absolute Gasteiger partial charge is 0.395 e. The number of hydrogen-bond acceptors (Lipinski definition) is 3. The van der Waals surface area contributed by atoms with Gasteiger partial charge >= 0.3 is 0 Å². The maximum atomic E-state index is 9.17. The van der Waals surface area contributed by atoms with Crippen LogP contribution in [0.15, 0.2) is 48.8 Å². The summed E-state index contributed by atoms with van der Waals surface area (Å²) in [5.74, 6) is 0. The maximum Gasteiger partial charge on any atom is 0.171 e. The molecule has 1 aromatic carbocycles. The molecule has 2 rings (SSSR count). The lowest BCUT2D eigenvalue weighted by Crippen LogP contribution is -2.34. The molecule has 1 aromatic heterocycles. The van der Waals surface area contributed by atoms with Crippen molar-refractivity contribution in [2.75, 3.05) is 31.2 Å². The summed E-state index contributed by atoms with van der Waals surface area (Å²) in [6.45, 7) is 4.71. The summed E-state index contributed by atoms with van der Waals surface area (Å²) >= 11 is 0. The van der Waals surface area contributed by atoms with Crippen molar-refractivity contribution < 1.29 is 14.8 Å². The summed E-state index contributed by atoms with van der Waals surface area (Å²) in [7, 11) is 0. The Balaban J connectivity index is 2.02. The van der Waals surface area contributed by atoms with E-state index in [0.717, 1.165) is 29.8 Å². The Kier molecular flexibility index (Phi) is 7.46. The second-order valence-electron chi connectivity index (χ2n) is 5.73. The van der Waals surface area contributed by atoms with Crippen LogP contribution in [0.4, 0.5) is 5.69 Å². The summed E-state index contributed by atoms with van der Waals surface area (Å²) in [5, 5.41) is 18.1. The fraction of sp³-hybridized carbons (Fsp3) is 0.350. The van der Waals surface area contributed by atoms with Gasteiger partial charge in [0.05, 0.1) is 6.61 Å². The summed E-state index contributed by atoms with van der Waals surface area (Å²) < 4.78 is 1.95. The molecule has 0 unspecified atom stereocenters. The zero-order valence-corrected chi connectivity index (χ0v) is 14.3. The highest BCUT2D eigenvalue weighted by Crippen LogP contribution is 2.17. The molecule has 128 valence electrons. The first kappa shape index (κ1) is 18.2. The minimum atomic E-state index is 0.150. The topological polar surface area (TPSA) is 47.6 Å². The lowest BCUT2D eigenvalue weighted by Gasteiger charge is -2.23. The highest BCUT2D eigenvalue weighted by molar-refractivity contribution is 5.70. The molecule has 2 aromatic rings. The highest BCUT2D eigenvalue weighted by atomic mass is 16.3. The molecule has 0 saturated carbocycles. The number of aliphatic hydroxyl groups is 2. The van der Waals surface area contributed by atoms with Gasteiger partial charge in [-0.25, -0.2) is 4.57 Å². The minimum Gasteiger partial charge on any atom is -0.395 e. The lowest BCUT2D eigenvalue weighted by atomic mass is 10.1. The van der Waals surface area contributed by atoms with E-state index in [4.69, 9.17) is 5.11 Å². The summed E-state index contributed by atoms with van der Waals surface area (Å²) in [5.41, 5.74) is 3.42. The Morgan fingerprint density at radius 2 is 1.50 bits per heavy atom. The molecule has 0 atom stereocenters. The van der Waals surface area contributed by atoms with E-state index < -0.39 is 0 Å². The second kappa shape index (κ2) is 9.85. The summed E-state index contributed by atoms with van der Waals surface area (Å²) in [4.78, 5) is 2.20. The fourth-order valence-electron chi connectivity index (χ4n) is 2.59. The third kappa shape index (κ3) is 5.48. The molecule has 0 radical (unpaired) electrons. The van der Waals surface area contributed by atoms with Gasteiger partial charge in [-0.1, -0.05) is 31.2 Å². The van der Waals surface area contributed by atoms with Crippen molar-refractivity contribution in [3.05, 3.63) is 59.9 Å². The summed E-state index contributed by atoms with van der Waals surface area (Å²) in [6.07, 6.45) is 9.17. The van der Waals surface area contributed by atoms with Crippen LogP contribution in [0, 0.1) is 0 Å². The van der Waals surface area contributed by atoms with Gasteiger partial charge < -0.3 is 15.1 Å². The Morgan fingerprint density at radius 1 is 0.875 bits per heavy atom. The van der Waals surface area contributed by atoms with E-state index in [1.54, 1.807) is 0 Å². The third-order valence-corrected chi connectivity index (χ3v) is 3.87. The van der Waals surface area contributed by atoms with E-state index >= 15 is 0 Å². The molecule has 24 heavy (non-hydrogen) atoms. The van der Waals surface area contributed by atoms with Crippen LogP contribution in [0.5, 0.6) is 0 Å². The first-order valence-corrected chi connectivity index (χ1v) is 8.50. The molecule has 0 aliphatic heterocycles. The molecule has 0 aliphatic carbocycles. The molecule has 1 heterocycles. The van der Waals surface area contributed by atoms with Gasteiger partial charge in [-0.05, 0) is 29.7 Å². The van der Waals surface area contributed by atoms with Crippen LogP contribution < -0.4 is 9.47 Å². The number of aromatic nitrogens is 1. The van der Waals surface area contributed by atoms with E-state index in [-0.39, 0.29) is 13.2 Å². The van der Waals surface area contributed by atoms with Gasteiger partial charge in [-0.15, -0.1) is 0 Å². The van der Waals surface area contributed by atoms with Crippen molar-refractivity contribution in [2.45, 2.75) is 19.9 Å². The van der Waals surface area contributed by atoms with E-state index in [1.165, 1.54) is 0 Å². The Labute approximate surface area is 144 Å². The number of rotatable bonds is 9. The molecular weight excluding hydrogens is 300 g/mol. The molecule has 0 amide bonds. The molecule has 0 aliphatic rings. The molecule has 0 fully saturated rings. The average molecular weight is 327 g/mol. The van der Waals surface area contributed by atoms with Gasteiger partial charge in [0, 0.05) is 30.9 Å². The predicted octanol–water partition coefficient (Wildman–Crippen LogP) is 2.35. The van der Waals surface area contributed by atoms with Gasteiger partial charge in [0.15, 0.2) is 18.9 Å². The van der Waals surface area contributed by atoms with Crippen molar-refractivity contribution in [1.82, 2.24) is 0 Å². The van der Waals surface area contributed by atoms with Gasteiger partial charge in [0.1, 0.15) is 6.61 Å². The molecule has 0 spiro atoms. The monoisotopic (exact) mass is 327 g/mol. The predicted molar refractivity (Wildman–Crippen MR) is 98.7 cm³/mol. The quantitative estimate of drug-likeness (QED) is 0.695. The van der Waals surface area contributed by atoms with Crippen molar-refractivity contribution in [1.29, 1.82) is 0 Å². The minimum absolute atomic E-state index is 0.150. The number of anilines is 1. The number of pyridine rings is 1. The summed E-state index contributed by atoms with van der Waals surface area (Å²) in [6, 6.07) is 12.5. The zero-order valence-electron chi connectivity index (χ0n) is 14.3. The smallest absolute Gasteiger partial charge is 0.171 e. The van der Waals surface area contributed by atoms with E-state index in [9.17, 15) is 5.11 Å². The standard InChI is InChI=1S/C20H27N2O2/c1-2-11-22(15-17-24)20-7-5-18(6-8-20)3-4-19-9-12-21(13-10-19)14-16-23/h3-10,12-13,23-24H,2,11,14-17H2,1H3/q+1. The lowest BCUT2D eigenvalue weighted by molar-refractivity contribution is -0.698. The molecule has 4 nitrogen and oxygen atoms in total. The first-order chi connectivity index (χ1) is 11.8. The van der Waals surface area contributed by atoms with E-state index in [1.807, 2.05) is 29.1 Å². The van der Waals surface area contributed by atoms with Crippen molar-refractivity contribution in [3.8, 4) is 0 Å². The third-order valence-electron chi connectivity index (χ3n) is 3.87. The van der Waals surface area contributed by atoms with Crippen molar-refractivity contribution in [3.63, 3.8) is 0 Å². The number of aliphatic hydroxyl groups excluding tert-OH is 2. The van der Waals surface area contributed by atoms with Crippen LogP contribution in [-0.4, -0.2) is 36.5 Å². The Morgan fingerprint density at radius 3 is 2.04 bits per heavy atom. The van der Waals surface area contributed by atoms with Gasteiger partial charge in [-0.3, -0.25) is 0 Å². The fourth-order valence-corrected chi connectivity index (χ4v) is 2.59. The van der Waals surface area contributed by atoms with Crippen molar-refractivity contribution >= 4 is 17.8 Å². The molecule has 2 N–H and O–H groups in total. The zero-order chi connectivity index (χ0) is 17.2. The maximum absolute atomic E-state index is 9.17. The normalized spacial score (nSPS) is 11.1. The van der Waals surface area contributed by atoms with Gasteiger partial charge in [0.2, 0.25) is 0 Å². The molecular formula is C20H27N2O2+. The van der Waals surface area contributed by atoms with Crippen molar-refractivity contribution in [2.24, 2.45) is 0 Å². The number of nitrogens with zero attached hydrogens (tertiary/aromatic N) is 2. The van der Waals surface area contributed by atoms with Crippen LogP contribution in [0.1, 0.15) is 24.5 Å². The van der Waals surface area contributed by atoms with Crippen LogP contribution in [0.25, 0.3) is 12.2 Å². The molecule has 0 saturated heterocycles. The molecule has 0 bridgehead atoms. The molecule has 4 heteroatoms. The number of hydrogen-bond donors (Lipinski definition) is 2. The highest BCUT2D eigenvalue weighted by Gasteiger charge is 2.04.